The van der Waals surface area contributed by atoms with E-state index in [1.165, 1.54) is 0 Å². The molecule has 0 atom stereocenters. The van der Waals surface area contributed by atoms with Crippen molar-refractivity contribution in [1.82, 2.24) is 4.98 Å². The van der Waals surface area contributed by atoms with Gasteiger partial charge in [0.15, 0.2) is 30.5 Å². The lowest BCUT2D eigenvalue weighted by molar-refractivity contribution is -0.688. The molecule has 0 fully saturated rings. The first-order valence-electron chi connectivity index (χ1n) is 10.5. The van der Waals surface area contributed by atoms with Crippen molar-refractivity contribution in [2.45, 2.75) is 6.54 Å². The van der Waals surface area contributed by atoms with E-state index in [-0.39, 0.29) is 5.78 Å². The lowest BCUT2D eigenvalue weighted by Crippen LogP contribution is -2.33. The predicted octanol–water partition coefficient (Wildman–Crippen LogP) is 5.58. The highest BCUT2D eigenvalue weighted by molar-refractivity contribution is 6.08. The van der Waals surface area contributed by atoms with E-state index >= 15 is 0 Å². The number of oxazole rings is 1. The minimum Gasteiger partial charge on any atom is -0.436 e. The van der Waals surface area contributed by atoms with Gasteiger partial charge in [0.1, 0.15) is 0 Å². The van der Waals surface area contributed by atoms with E-state index in [0.717, 1.165) is 22.5 Å². The first-order chi connectivity index (χ1) is 15.8. The van der Waals surface area contributed by atoms with Crippen LogP contribution in [-0.4, -0.2) is 10.8 Å². The molecule has 32 heavy (non-hydrogen) atoms. The van der Waals surface area contributed by atoms with Crippen molar-refractivity contribution in [1.29, 1.82) is 0 Å². The maximum absolute atomic E-state index is 12.6. The number of pyridine rings is 1. The number of aromatic nitrogens is 2. The number of hydrogen-bond donors (Lipinski definition) is 0. The van der Waals surface area contributed by atoms with E-state index in [1.54, 1.807) is 6.20 Å². The van der Waals surface area contributed by atoms with Crippen LogP contribution in [0.5, 0.6) is 0 Å². The second kappa shape index (κ2) is 8.82. The van der Waals surface area contributed by atoms with Gasteiger partial charge in [-0.3, -0.25) is 4.79 Å². The molecule has 0 spiro atoms. The molecule has 2 heterocycles. The Morgan fingerprint density at radius 1 is 0.719 bits per heavy atom. The van der Waals surface area contributed by atoms with Crippen molar-refractivity contribution in [2.24, 2.45) is 0 Å². The third-order valence-corrected chi connectivity index (χ3v) is 5.32. The van der Waals surface area contributed by atoms with Crippen molar-refractivity contribution in [3.8, 4) is 22.8 Å². The molecule has 0 unspecified atom stereocenters. The van der Waals surface area contributed by atoms with Gasteiger partial charge in [0.05, 0.1) is 6.20 Å². The summed E-state index contributed by atoms with van der Waals surface area (Å²) < 4.78 is 8.02. The molecule has 0 amide bonds. The van der Waals surface area contributed by atoms with Gasteiger partial charge in [-0.05, 0) is 0 Å². The molecular weight excluding hydrogens is 396 g/mol. The first-order valence-corrected chi connectivity index (χ1v) is 10.5. The summed E-state index contributed by atoms with van der Waals surface area (Å²) in [5.41, 5.74) is 4.44. The Labute approximate surface area is 186 Å². The molecule has 0 bridgehead atoms. The molecule has 0 aliphatic heterocycles. The number of carbonyl (C=O) groups excluding carboxylic acids is 1. The number of nitrogens with zero attached hydrogens (tertiary/aromatic N) is 2. The standard InChI is InChI=1S/C28H21N2O2/c31-27(23-9-5-2-6-10-23)24-13-11-21(12-14-24)20-30-17-15-25(16-18-30)28-29-19-26(32-28)22-7-3-1-4-8-22/h1-19H,20H2/q+1. The Morgan fingerprint density at radius 2 is 1.34 bits per heavy atom. The lowest BCUT2D eigenvalue weighted by atomic mass is 10.0. The summed E-state index contributed by atoms with van der Waals surface area (Å²) in [4.78, 5) is 17.0. The molecule has 4 heteroatoms. The third-order valence-electron chi connectivity index (χ3n) is 5.32. The number of rotatable bonds is 6. The number of benzene rings is 3. The van der Waals surface area contributed by atoms with Crippen LogP contribution in [0.25, 0.3) is 22.8 Å². The Kier molecular flexibility index (Phi) is 5.41. The van der Waals surface area contributed by atoms with Crippen molar-refractivity contribution < 1.29 is 13.8 Å². The molecular formula is C28H21N2O2+. The molecule has 0 saturated heterocycles. The van der Waals surface area contributed by atoms with Gasteiger partial charge >= 0.3 is 0 Å². The number of ketones is 1. The van der Waals surface area contributed by atoms with Gasteiger partial charge in [0.25, 0.3) is 0 Å². The summed E-state index contributed by atoms with van der Waals surface area (Å²) in [5.74, 6) is 1.39. The normalized spacial score (nSPS) is 10.8. The Balaban J connectivity index is 1.27. The minimum absolute atomic E-state index is 0.0370. The van der Waals surface area contributed by atoms with Gasteiger partial charge in [-0.15, -0.1) is 0 Å². The van der Waals surface area contributed by atoms with Crippen LogP contribution in [0.4, 0.5) is 0 Å². The third kappa shape index (κ3) is 4.25. The van der Waals surface area contributed by atoms with Crippen LogP contribution < -0.4 is 4.57 Å². The SMILES string of the molecule is O=C(c1ccccc1)c1ccc(C[n+]2ccc(-c3ncc(-c4ccccc4)o3)cc2)cc1. The van der Waals surface area contributed by atoms with Crippen LogP contribution >= 0.6 is 0 Å². The molecule has 2 aromatic heterocycles. The molecule has 4 nitrogen and oxygen atoms in total. The highest BCUT2D eigenvalue weighted by Gasteiger charge is 2.12. The van der Waals surface area contributed by atoms with E-state index in [2.05, 4.69) is 9.55 Å². The molecule has 0 radical (unpaired) electrons. The van der Waals surface area contributed by atoms with Gasteiger partial charge in [0, 0.05) is 39.9 Å². The van der Waals surface area contributed by atoms with Crippen LogP contribution in [0.1, 0.15) is 21.5 Å². The maximum Gasteiger partial charge on any atom is 0.227 e. The smallest absolute Gasteiger partial charge is 0.227 e. The summed E-state index contributed by atoms with van der Waals surface area (Å²) >= 11 is 0. The highest BCUT2D eigenvalue weighted by Crippen LogP contribution is 2.25. The van der Waals surface area contributed by atoms with Gasteiger partial charge in [-0.25, -0.2) is 9.55 Å². The predicted molar refractivity (Wildman–Crippen MR) is 123 cm³/mol. The van der Waals surface area contributed by atoms with Crippen LogP contribution in [0.3, 0.4) is 0 Å². The summed E-state index contributed by atoms with van der Waals surface area (Å²) in [6.07, 6.45) is 5.76. The summed E-state index contributed by atoms with van der Waals surface area (Å²) in [5, 5.41) is 0. The van der Waals surface area contributed by atoms with E-state index < -0.39 is 0 Å². The zero-order valence-corrected chi connectivity index (χ0v) is 17.4. The fourth-order valence-corrected chi connectivity index (χ4v) is 3.58. The molecule has 3 aromatic carbocycles. The lowest BCUT2D eigenvalue weighted by Gasteiger charge is -2.03. The zero-order valence-electron chi connectivity index (χ0n) is 17.4. The quantitative estimate of drug-likeness (QED) is 0.268. The first kappa shape index (κ1) is 19.6. The van der Waals surface area contributed by atoms with Crippen molar-refractivity contribution in [2.75, 3.05) is 0 Å². The van der Waals surface area contributed by atoms with Gasteiger partial charge in [-0.2, -0.15) is 0 Å². The summed E-state index contributed by atoms with van der Waals surface area (Å²) in [6, 6.07) is 31.0. The summed E-state index contributed by atoms with van der Waals surface area (Å²) in [7, 11) is 0. The second-order valence-corrected chi connectivity index (χ2v) is 7.55. The van der Waals surface area contributed by atoms with Crippen LogP contribution in [0.2, 0.25) is 0 Å². The number of hydrogen-bond acceptors (Lipinski definition) is 3. The van der Waals surface area contributed by atoms with E-state index in [0.29, 0.717) is 23.6 Å². The number of carbonyl (C=O) groups is 1. The Morgan fingerprint density at radius 3 is 2.03 bits per heavy atom. The van der Waals surface area contributed by atoms with Crippen molar-refractivity contribution in [3.05, 3.63) is 132 Å². The van der Waals surface area contributed by atoms with E-state index in [4.69, 9.17) is 4.42 Å². The van der Waals surface area contributed by atoms with Gasteiger partial charge in [0.2, 0.25) is 5.89 Å². The van der Waals surface area contributed by atoms with Crippen molar-refractivity contribution >= 4 is 5.78 Å². The molecule has 5 aromatic rings. The van der Waals surface area contributed by atoms with Gasteiger partial charge < -0.3 is 4.42 Å². The van der Waals surface area contributed by atoms with E-state index in [1.807, 2.05) is 109 Å². The topological polar surface area (TPSA) is 47.0 Å². The highest BCUT2D eigenvalue weighted by atomic mass is 16.4. The molecule has 0 saturated carbocycles. The van der Waals surface area contributed by atoms with Crippen LogP contribution in [0.15, 0.2) is 120 Å². The van der Waals surface area contributed by atoms with Crippen LogP contribution in [0, 0.1) is 0 Å². The average Bonchev–Trinajstić information content (AvgIpc) is 3.36. The largest absolute Gasteiger partial charge is 0.436 e. The molecule has 0 N–H and O–H groups in total. The Hall–Kier alpha value is -4.31. The fourth-order valence-electron chi connectivity index (χ4n) is 3.58. The molecule has 154 valence electrons. The minimum atomic E-state index is 0.0370. The summed E-state index contributed by atoms with van der Waals surface area (Å²) in [6.45, 7) is 0.709. The fraction of sp³-hybridized carbons (Fsp3) is 0.0357. The molecule has 0 aliphatic carbocycles. The Bertz CT molecular complexity index is 1320. The maximum atomic E-state index is 12.6. The molecule has 0 aliphatic rings. The second-order valence-electron chi connectivity index (χ2n) is 7.55. The average molecular weight is 417 g/mol. The van der Waals surface area contributed by atoms with Crippen LogP contribution in [-0.2, 0) is 6.54 Å². The monoisotopic (exact) mass is 417 g/mol. The van der Waals surface area contributed by atoms with Gasteiger partial charge in [-0.1, -0.05) is 84.9 Å². The van der Waals surface area contributed by atoms with E-state index in [9.17, 15) is 4.79 Å². The zero-order chi connectivity index (χ0) is 21.8. The molecule has 5 rings (SSSR count). The van der Waals surface area contributed by atoms with Crippen molar-refractivity contribution in [3.63, 3.8) is 0 Å².